The third-order valence-electron chi connectivity index (χ3n) is 2.36. The van der Waals surface area contributed by atoms with Gasteiger partial charge in [0, 0.05) is 6.92 Å². The van der Waals surface area contributed by atoms with Gasteiger partial charge in [0.2, 0.25) is 12.1 Å². The number of aliphatic hydroxyl groups excluding tert-OH is 4. The van der Waals surface area contributed by atoms with Crippen LogP contribution >= 0.6 is 0 Å². The van der Waals surface area contributed by atoms with E-state index in [0.29, 0.717) is 0 Å². The summed E-state index contributed by atoms with van der Waals surface area (Å²) < 4.78 is 9.32. The molecule has 8 nitrogen and oxygen atoms in total. The van der Waals surface area contributed by atoms with Gasteiger partial charge in [-0.3, -0.25) is 4.79 Å². The number of ether oxygens (including phenoxy) is 2. The summed E-state index contributed by atoms with van der Waals surface area (Å²) in [5.41, 5.74) is 0. The molecule has 8 heteroatoms. The molecule has 0 aromatic rings. The molecule has 0 saturated carbocycles. The standard InChI is InChI=1S/C9H14O8/c1-3(11)8(15)17-9-7(14)6(13)5(12)4(2-10)16-9/h4-7,9-10,12-14H,2H2,1H3/t4-,5-,6+,7+,9?/m1/s1. The molecule has 5 atom stereocenters. The van der Waals surface area contributed by atoms with Crippen LogP contribution in [-0.4, -0.2) is 69.5 Å². The fourth-order valence-corrected chi connectivity index (χ4v) is 1.35. The summed E-state index contributed by atoms with van der Waals surface area (Å²) in [4.78, 5) is 21.6. The van der Waals surface area contributed by atoms with Crippen LogP contribution in [-0.2, 0) is 19.1 Å². The van der Waals surface area contributed by atoms with Crippen LogP contribution in [0, 0.1) is 0 Å². The minimum Gasteiger partial charge on any atom is -0.427 e. The first-order valence-corrected chi connectivity index (χ1v) is 4.90. The fraction of sp³-hybridized carbons (Fsp3) is 0.778. The van der Waals surface area contributed by atoms with Crippen molar-refractivity contribution >= 4 is 11.8 Å². The predicted molar refractivity (Wildman–Crippen MR) is 50.5 cm³/mol. The largest absolute Gasteiger partial charge is 0.427 e. The molecule has 1 aliphatic rings. The Labute approximate surface area is 96.4 Å². The Hall–Kier alpha value is -1.06. The van der Waals surface area contributed by atoms with Gasteiger partial charge >= 0.3 is 5.97 Å². The minimum absolute atomic E-state index is 0.640. The Morgan fingerprint density at radius 2 is 1.76 bits per heavy atom. The van der Waals surface area contributed by atoms with Gasteiger partial charge in [-0.25, -0.2) is 4.79 Å². The van der Waals surface area contributed by atoms with E-state index >= 15 is 0 Å². The zero-order chi connectivity index (χ0) is 13.2. The maximum Gasteiger partial charge on any atom is 0.376 e. The topological polar surface area (TPSA) is 134 Å². The third-order valence-corrected chi connectivity index (χ3v) is 2.36. The van der Waals surface area contributed by atoms with Gasteiger partial charge in [0.25, 0.3) is 0 Å². The van der Waals surface area contributed by atoms with Gasteiger partial charge in [-0.2, -0.15) is 0 Å². The lowest BCUT2D eigenvalue weighted by Gasteiger charge is -2.38. The molecule has 0 aromatic carbocycles. The zero-order valence-corrected chi connectivity index (χ0v) is 9.02. The molecular formula is C9H14O8. The quantitative estimate of drug-likeness (QED) is 0.306. The van der Waals surface area contributed by atoms with Crippen molar-refractivity contribution in [3.63, 3.8) is 0 Å². The summed E-state index contributed by atoms with van der Waals surface area (Å²) in [5.74, 6) is -2.14. The highest BCUT2D eigenvalue weighted by Crippen LogP contribution is 2.21. The smallest absolute Gasteiger partial charge is 0.376 e. The van der Waals surface area contributed by atoms with E-state index in [4.69, 9.17) is 9.84 Å². The summed E-state index contributed by atoms with van der Waals surface area (Å²) >= 11 is 0. The molecule has 0 bridgehead atoms. The summed E-state index contributed by atoms with van der Waals surface area (Å²) in [5, 5.41) is 37.1. The number of hydrogen-bond acceptors (Lipinski definition) is 8. The lowest BCUT2D eigenvalue weighted by Crippen LogP contribution is -2.59. The number of esters is 1. The molecule has 0 aromatic heterocycles. The van der Waals surface area contributed by atoms with Gasteiger partial charge in [-0.05, 0) is 0 Å². The molecule has 1 rings (SSSR count). The van der Waals surface area contributed by atoms with Crippen molar-refractivity contribution in [1.82, 2.24) is 0 Å². The molecule has 0 radical (unpaired) electrons. The number of rotatable bonds is 3. The third kappa shape index (κ3) is 2.99. The van der Waals surface area contributed by atoms with Crippen LogP contribution in [0.15, 0.2) is 0 Å². The van der Waals surface area contributed by atoms with Crippen LogP contribution in [0.5, 0.6) is 0 Å². The highest BCUT2D eigenvalue weighted by atomic mass is 16.7. The van der Waals surface area contributed by atoms with Gasteiger partial charge in [0.1, 0.15) is 24.4 Å². The van der Waals surface area contributed by atoms with Crippen molar-refractivity contribution < 1.29 is 39.5 Å². The fourth-order valence-electron chi connectivity index (χ4n) is 1.35. The van der Waals surface area contributed by atoms with Crippen molar-refractivity contribution in [3.05, 3.63) is 0 Å². The van der Waals surface area contributed by atoms with E-state index in [2.05, 4.69) is 4.74 Å². The minimum atomic E-state index is -1.70. The molecule has 1 heterocycles. The number of ketones is 1. The van der Waals surface area contributed by atoms with E-state index in [9.17, 15) is 24.9 Å². The molecule has 17 heavy (non-hydrogen) atoms. The molecule has 1 unspecified atom stereocenters. The highest BCUT2D eigenvalue weighted by molar-refractivity contribution is 6.32. The van der Waals surface area contributed by atoms with E-state index in [-0.39, 0.29) is 0 Å². The second-order valence-corrected chi connectivity index (χ2v) is 3.66. The highest BCUT2D eigenvalue weighted by Gasteiger charge is 2.45. The molecule has 0 amide bonds. The summed E-state index contributed by atoms with van der Waals surface area (Å²) in [7, 11) is 0. The second kappa shape index (κ2) is 5.52. The van der Waals surface area contributed by atoms with Gasteiger partial charge < -0.3 is 29.9 Å². The van der Waals surface area contributed by atoms with Crippen molar-refractivity contribution in [2.24, 2.45) is 0 Å². The number of hydrogen-bond donors (Lipinski definition) is 4. The molecule has 98 valence electrons. The van der Waals surface area contributed by atoms with Crippen molar-refractivity contribution in [1.29, 1.82) is 0 Å². The Morgan fingerprint density at radius 1 is 1.18 bits per heavy atom. The van der Waals surface area contributed by atoms with Crippen molar-refractivity contribution in [3.8, 4) is 0 Å². The van der Waals surface area contributed by atoms with Crippen LogP contribution in [0.4, 0.5) is 0 Å². The molecular weight excluding hydrogens is 236 g/mol. The van der Waals surface area contributed by atoms with Crippen LogP contribution < -0.4 is 0 Å². The zero-order valence-electron chi connectivity index (χ0n) is 9.02. The molecule has 1 saturated heterocycles. The average molecular weight is 250 g/mol. The maximum absolute atomic E-state index is 11.0. The molecule has 4 N–H and O–H groups in total. The van der Waals surface area contributed by atoms with Crippen LogP contribution in [0.2, 0.25) is 0 Å². The SMILES string of the molecule is CC(=O)C(=O)OC1O[C@H](CO)[C@@H](O)[C@H](O)[C@@H]1O. The van der Waals surface area contributed by atoms with Gasteiger partial charge in [0.05, 0.1) is 6.61 Å². The van der Waals surface area contributed by atoms with Gasteiger partial charge in [-0.15, -0.1) is 0 Å². The number of aliphatic hydroxyl groups is 4. The lowest BCUT2D eigenvalue weighted by atomic mass is 9.99. The van der Waals surface area contributed by atoms with E-state index in [1.165, 1.54) is 0 Å². The maximum atomic E-state index is 11.0. The summed E-state index contributed by atoms with van der Waals surface area (Å²) in [6.45, 7) is 0.325. The first-order chi connectivity index (χ1) is 7.88. The van der Waals surface area contributed by atoms with Crippen LogP contribution in [0.1, 0.15) is 6.92 Å². The van der Waals surface area contributed by atoms with Gasteiger partial charge in [0.15, 0.2) is 0 Å². The van der Waals surface area contributed by atoms with E-state index < -0.39 is 49.1 Å². The Morgan fingerprint density at radius 3 is 2.24 bits per heavy atom. The molecule has 1 fully saturated rings. The van der Waals surface area contributed by atoms with Gasteiger partial charge in [-0.1, -0.05) is 0 Å². The average Bonchev–Trinajstić information content (AvgIpc) is 2.29. The number of Topliss-reactive ketones (excluding diaryl/α,β-unsaturated/α-hetero) is 1. The van der Waals surface area contributed by atoms with E-state index in [0.717, 1.165) is 6.92 Å². The molecule has 0 aliphatic carbocycles. The van der Waals surface area contributed by atoms with Crippen LogP contribution in [0.3, 0.4) is 0 Å². The van der Waals surface area contributed by atoms with E-state index in [1.807, 2.05) is 0 Å². The number of carbonyl (C=O) groups is 2. The number of carbonyl (C=O) groups excluding carboxylic acids is 2. The van der Waals surface area contributed by atoms with E-state index in [1.54, 1.807) is 0 Å². The second-order valence-electron chi connectivity index (χ2n) is 3.66. The first-order valence-electron chi connectivity index (χ1n) is 4.90. The predicted octanol–water partition coefficient (Wildman–Crippen LogP) is -3.08. The Kier molecular flexibility index (Phi) is 4.54. The lowest BCUT2D eigenvalue weighted by molar-refractivity contribution is -0.291. The van der Waals surface area contributed by atoms with Crippen molar-refractivity contribution in [2.45, 2.75) is 37.6 Å². The molecule has 1 aliphatic heterocycles. The van der Waals surface area contributed by atoms with Crippen LogP contribution in [0.25, 0.3) is 0 Å². The Bertz CT molecular complexity index is 301. The normalized spacial score (nSPS) is 37.6. The molecule has 0 spiro atoms. The summed E-state index contributed by atoms with van der Waals surface area (Å²) in [6.07, 6.45) is -7.68. The Balaban J connectivity index is 2.72. The summed E-state index contributed by atoms with van der Waals surface area (Å²) in [6, 6.07) is 0. The van der Waals surface area contributed by atoms with Crippen molar-refractivity contribution in [2.75, 3.05) is 6.61 Å². The first kappa shape index (κ1) is 14.0. The monoisotopic (exact) mass is 250 g/mol.